The predicted molar refractivity (Wildman–Crippen MR) is 121 cm³/mol. The number of thiophene rings is 1. The second-order valence-corrected chi connectivity index (χ2v) is 11.7. The first-order chi connectivity index (χ1) is 14.6. The van der Waals surface area contributed by atoms with Crippen LogP contribution in [0.25, 0.3) is 0 Å². The molecule has 1 aromatic heterocycles. The highest BCUT2D eigenvalue weighted by Gasteiger charge is 2.38. The number of carboxylic acids is 1. The van der Waals surface area contributed by atoms with E-state index >= 15 is 0 Å². The summed E-state index contributed by atoms with van der Waals surface area (Å²) < 4.78 is 0. The molecule has 0 aromatic carbocycles. The molecule has 2 saturated carbocycles. The van der Waals surface area contributed by atoms with Crippen LogP contribution in [-0.4, -0.2) is 28.9 Å². The van der Waals surface area contributed by atoms with E-state index in [-0.39, 0.29) is 23.3 Å². The number of hydrogen-bond donors (Lipinski definition) is 3. The third-order valence-corrected chi connectivity index (χ3v) is 8.46. The van der Waals surface area contributed by atoms with E-state index in [0.717, 1.165) is 50.5 Å². The molecule has 0 radical (unpaired) electrons. The highest BCUT2D eigenvalue weighted by atomic mass is 32.1. The Morgan fingerprint density at radius 2 is 1.68 bits per heavy atom. The van der Waals surface area contributed by atoms with E-state index in [2.05, 4.69) is 31.4 Å². The fourth-order valence-corrected chi connectivity index (χ4v) is 6.41. The number of anilines is 1. The van der Waals surface area contributed by atoms with Crippen molar-refractivity contribution >= 4 is 34.1 Å². The maximum atomic E-state index is 13.1. The summed E-state index contributed by atoms with van der Waals surface area (Å²) in [5.41, 5.74) is 1.89. The Hall–Kier alpha value is -1.89. The molecule has 0 saturated heterocycles. The van der Waals surface area contributed by atoms with Gasteiger partial charge in [-0.15, -0.1) is 11.3 Å². The van der Waals surface area contributed by atoms with Crippen LogP contribution in [0.15, 0.2) is 0 Å². The van der Waals surface area contributed by atoms with Gasteiger partial charge in [-0.05, 0) is 61.8 Å². The molecule has 0 bridgehead atoms. The van der Waals surface area contributed by atoms with Crippen LogP contribution in [0, 0.1) is 23.2 Å². The van der Waals surface area contributed by atoms with Gasteiger partial charge in [-0.3, -0.25) is 14.4 Å². The molecular formula is C24H34N2O4S. The van der Waals surface area contributed by atoms with Crippen molar-refractivity contribution in [2.75, 3.05) is 5.32 Å². The topological polar surface area (TPSA) is 95.5 Å². The smallest absolute Gasteiger partial charge is 0.307 e. The van der Waals surface area contributed by atoms with Crippen LogP contribution in [0.5, 0.6) is 0 Å². The molecule has 2 amide bonds. The normalized spacial score (nSPS) is 26.1. The average molecular weight is 447 g/mol. The predicted octanol–water partition coefficient (Wildman–Crippen LogP) is 4.62. The zero-order valence-electron chi connectivity index (χ0n) is 18.8. The lowest BCUT2D eigenvalue weighted by Gasteiger charge is -2.33. The highest BCUT2D eigenvalue weighted by molar-refractivity contribution is 7.17. The molecule has 170 valence electrons. The zero-order chi connectivity index (χ0) is 22.3. The summed E-state index contributed by atoms with van der Waals surface area (Å²) in [6.45, 7) is 6.78. The molecule has 7 heteroatoms. The maximum Gasteiger partial charge on any atom is 0.307 e. The summed E-state index contributed by atoms with van der Waals surface area (Å²) in [6.07, 6.45) is 7.65. The summed E-state index contributed by atoms with van der Waals surface area (Å²) in [7, 11) is 0. The maximum absolute atomic E-state index is 13.1. The first kappa shape index (κ1) is 22.3. The van der Waals surface area contributed by atoms with Crippen molar-refractivity contribution < 1.29 is 19.5 Å². The summed E-state index contributed by atoms with van der Waals surface area (Å²) in [5.74, 6) is -1.88. The Labute approximate surface area is 188 Å². The first-order valence-electron chi connectivity index (χ1n) is 11.6. The summed E-state index contributed by atoms with van der Waals surface area (Å²) in [6, 6.07) is 0.243. The van der Waals surface area contributed by atoms with Crippen LogP contribution in [0.1, 0.15) is 86.5 Å². The lowest BCUT2D eigenvalue weighted by atomic mass is 9.72. The molecule has 1 heterocycles. The van der Waals surface area contributed by atoms with Crippen LogP contribution in [0.3, 0.4) is 0 Å². The minimum absolute atomic E-state index is 0.0945. The number of carboxylic acid groups (broad SMARTS) is 1. The molecule has 0 spiro atoms. The number of amides is 2. The first-order valence-corrected chi connectivity index (χ1v) is 12.5. The van der Waals surface area contributed by atoms with Crippen molar-refractivity contribution in [2.45, 2.75) is 84.6 Å². The van der Waals surface area contributed by atoms with Gasteiger partial charge in [0.1, 0.15) is 5.00 Å². The van der Waals surface area contributed by atoms with Gasteiger partial charge in [0.2, 0.25) is 5.91 Å². The molecule has 3 aliphatic carbocycles. The highest BCUT2D eigenvalue weighted by Crippen LogP contribution is 2.45. The van der Waals surface area contributed by atoms with E-state index in [0.29, 0.717) is 29.3 Å². The van der Waals surface area contributed by atoms with Gasteiger partial charge in [0.15, 0.2) is 0 Å². The standard InChI is InChI=1S/C24H34N2O4S/c1-24(2,3)13-8-11-17-18(12-13)31-22(19(17)21(28)25-14-9-10-14)26-20(27)15-6-4-5-7-16(15)23(29)30/h13-16H,4-12H2,1-3H3,(H,25,28)(H,26,27)(H,29,30)/t13-,15-,16-/m0/s1. The van der Waals surface area contributed by atoms with E-state index in [9.17, 15) is 19.5 Å². The lowest BCUT2D eigenvalue weighted by Crippen LogP contribution is -2.36. The molecule has 4 rings (SSSR count). The van der Waals surface area contributed by atoms with Gasteiger partial charge in [-0.25, -0.2) is 0 Å². The Morgan fingerprint density at radius 3 is 2.29 bits per heavy atom. The molecule has 3 atom stereocenters. The van der Waals surface area contributed by atoms with Gasteiger partial charge < -0.3 is 15.7 Å². The minimum Gasteiger partial charge on any atom is -0.481 e. The number of aliphatic carboxylic acids is 1. The molecule has 31 heavy (non-hydrogen) atoms. The second kappa shape index (κ2) is 8.57. The molecule has 2 fully saturated rings. The van der Waals surface area contributed by atoms with Crippen LogP contribution in [0.4, 0.5) is 5.00 Å². The minimum atomic E-state index is -0.898. The van der Waals surface area contributed by atoms with Crippen molar-refractivity contribution in [1.82, 2.24) is 5.32 Å². The van der Waals surface area contributed by atoms with Gasteiger partial charge in [-0.1, -0.05) is 33.6 Å². The summed E-state index contributed by atoms with van der Waals surface area (Å²) in [4.78, 5) is 39.1. The molecule has 3 N–H and O–H groups in total. The Balaban J connectivity index is 1.61. The van der Waals surface area contributed by atoms with Gasteiger partial charge in [0.05, 0.1) is 17.4 Å². The van der Waals surface area contributed by atoms with Crippen molar-refractivity contribution in [3.8, 4) is 0 Å². The Bertz CT molecular complexity index is 881. The fourth-order valence-electron chi connectivity index (χ4n) is 5.08. The third-order valence-electron chi connectivity index (χ3n) is 7.29. The summed E-state index contributed by atoms with van der Waals surface area (Å²) >= 11 is 1.52. The van der Waals surface area contributed by atoms with Crippen molar-refractivity contribution in [2.24, 2.45) is 23.2 Å². The van der Waals surface area contributed by atoms with Crippen molar-refractivity contribution in [3.63, 3.8) is 0 Å². The van der Waals surface area contributed by atoms with Crippen molar-refractivity contribution in [1.29, 1.82) is 0 Å². The van der Waals surface area contributed by atoms with Gasteiger partial charge in [0, 0.05) is 10.9 Å². The Morgan fingerprint density at radius 1 is 1.00 bits per heavy atom. The summed E-state index contributed by atoms with van der Waals surface area (Å²) in [5, 5.41) is 16.3. The number of hydrogen-bond acceptors (Lipinski definition) is 4. The van der Waals surface area contributed by atoms with E-state index < -0.39 is 17.8 Å². The molecule has 0 unspecified atom stereocenters. The molecule has 1 aromatic rings. The van der Waals surface area contributed by atoms with Crippen molar-refractivity contribution in [3.05, 3.63) is 16.0 Å². The monoisotopic (exact) mass is 446 g/mol. The molecule has 0 aliphatic heterocycles. The third kappa shape index (κ3) is 4.81. The molecular weight excluding hydrogens is 412 g/mol. The number of nitrogens with one attached hydrogen (secondary N) is 2. The van der Waals surface area contributed by atoms with Gasteiger partial charge in [-0.2, -0.15) is 0 Å². The van der Waals surface area contributed by atoms with E-state index in [1.165, 1.54) is 16.2 Å². The van der Waals surface area contributed by atoms with Gasteiger partial charge in [0.25, 0.3) is 5.91 Å². The fraction of sp³-hybridized carbons (Fsp3) is 0.708. The van der Waals surface area contributed by atoms with E-state index in [1.807, 2.05) is 0 Å². The SMILES string of the molecule is CC(C)(C)[C@H]1CCc2c(sc(NC(=O)[C@H]3CCCC[C@@H]3C(=O)O)c2C(=O)NC2CC2)C1. The number of fused-ring (bicyclic) bond motifs is 1. The van der Waals surface area contributed by atoms with E-state index in [1.54, 1.807) is 0 Å². The number of rotatable bonds is 5. The Kier molecular flexibility index (Phi) is 6.16. The second-order valence-electron chi connectivity index (χ2n) is 10.6. The van der Waals surface area contributed by atoms with Crippen LogP contribution in [-0.2, 0) is 22.4 Å². The van der Waals surface area contributed by atoms with E-state index in [4.69, 9.17) is 0 Å². The number of carbonyl (C=O) groups is 3. The van der Waals surface area contributed by atoms with Crippen LogP contribution < -0.4 is 10.6 Å². The van der Waals surface area contributed by atoms with Crippen LogP contribution >= 0.6 is 11.3 Å². The number of carbonyl (C=O) groups excluding carboxylic acids is 2. The molecule has 3 aliphatic rings. The quantitative estimate of drug-likeness (QED) is 0.615. The average Bonchev–Trinajstić information content (AvgIpc) is 3.44. The molecule has 6 nitrogen and oxygen atoms in total. The largest absolute Gasteiger partial charge is 0.481 e. The zero-order valence-corrected chi connectivity index (χ0v) is 19.6. The van der Waals surface area contributed by atoms with Gasteiger partial charge >= 0.3 is 5.97 Å². The van der Waals surface area contributed by atoms with Crippen LogP contribution in [0.2, 0.25) is 0 Å². The lowest BCUT2D eigenvalue weighted by molar-refractivity contribution is -0.147.